The van der Waals surface area contributed by atoms with Crippen LogP contribution in [0.25, 0.3) is 21.5 Å². The van der Waals surface area contributed by atoms with Crippen LogP contribution in [-0.2, 0) is 26.2 Å². The van der Waals surface area contributed by atoms with E-state index in [4.69, 9.17) is 0 Å². The van der Waals surface area contributed by atoms with Crippen LogP contribution >= 0.6 is 0 Å². The summed E-state index contributed by atoms with van der Waals surface area (Å²) in [5.41, 5.74) is 0. The summed E-state index contributed by atoms with van der Waals surface area (Å²) in [6, 6.07) is 19.3. The smallest absolute Gasteiger partial charge is 1.00 e. The predicted molar refractivity (Wildman–Crippen MR) is 96.1 cm³/mol. The molecule has 0 heterocycles. The van der Waals surface area contributed by atoms with E-state index in [1.807, 2.05) is 12.2 Å². The van der Waals surface area contributed by atoms with Crippen LogP contribution < -0.4 is 24.8 Å². The Morgan fingerprint density at radius 3 is 1.67 bits per heavy atom. The molecule has 0 saturated carbocycles. The number of hydrogen-bond donors (Lipinski definition) is 0. The summed E-state index contributed by atoms with van der Waals surface area (Å²) in [6.07, 6.45) is 10.0. The van der Waals surface area contributed by atoms with Gasteiger partial charge in [0.05, 0.1) is 0 Å². The van der Waals surface area contributed by atoms with Crippen LogP contribution in [0.3, 0.4) is 0 Å². The van der Waals surface area contributed by atoms with Gasteiger partial charge in [0.25, 0.3) is 0 Å². The van der Waals surface area contributed by atoms with E-state index in [9.17, 15) is 0 Å². The van der Waals surface area contributed by atoms with Gasteiger partial charge in [-0.2, -0.15) is 6.08 Å². The second-order valence-corrected chi connectivity index (χ2v) is 6.92. The monoisotopic (exact) mass is 494 g/mol. The van der Waals surface area contributed by atoms with Gasteiger partial charge in [0, 0.05) is 0 Å². The molecule has 0 saturated heterocycles. The Hall–Kier alpha value is -0.204. The molecular formula is C20H20Cl2GeZr. The fraction of sp³-hybridized carbons (Fsp3) is 0.150. The Morgan fingerprint density at radius 2 is 1.33 bits per heavy atom. The van der Waals surface area contributed by atoms with Gasteiger partial charge in [0.1, 0.15) is 0 Å². The van der Waals surface area contributed by atoms with Gasteiger partial charge < -0.3 is 24.8 Å². The van der Waals surface area contributed by atoms with Gasteiger partial charge in [-0.05, 0) is 0 Å². The van der Waals surface area contributed by atoms with Crippen molar-refractivity contribution in [3.8, 4) is 0 Å². The second-order valence-electron chi connectivity index (χ2n) is 4.82. The van der Waals surface area contributed by atoms with Gasteiger partial charge in [-0.3, -0.25) is 6.08 Å². The fourth-order valence-electron chi connectivity index (χ4n) is 2.24. The van der Waals surface area contributed by atoms with Gasteiger partial charge in [0.2, 0.25) is 0 Å². The molecule has 0 fully saturated rings. The summed E-state index contributed by atoms with van der Waals surface area (Å²) in [5, 5.41) is 5.39. The van der Waals surface area contributed by atoms with E-state index in [0.717, 1.165) is 6.42 Å². The normalized spacial score (nSPS) is 10.4. The Labute approximate surface area is 183 Å². The Kier molecular flexibility index (Phi) is 16.4. The third-order valence-electron chi connectivity index (χ3n) is 3.11. The molecule has 4 heteroatoms. The largest absolute Gasteiger partial charge is 4.00 e. The van der Waals surface area contributed by atoms with Gasteiger partial charge in [-0.1, -0.05) is 36.4 Å². The van der Waals surface area contributed by atoms with E-state index < -0.39 is 0 Å². The molecule has 122 valence electrons. The van der Waals surface area contributed by atoms with E-state index in [0.29, 0.717) is 15.4 Å². The third kappa shape index (κ3) is 7.79. The van der Waals surface area contributed by atoms with Crippen molar-refractivity contribution in [2.45, 2.75) is 17.9 Å². The first-order valence-electron chi connectivity index (χ1n) is 7.20. The summed E-state index contributed by atoms with van der Waals surface area (Å²) in [7, 11) is 0. The Bertz CT molecular complexity index is 687. The van der Waals surface area contributed by atoms with Gasteiger partial charge in [-0.15, -0.1) is 46.2 Å². The molecule has 0 amide bonds. The van der Waals surface area contributed by atoms with Crippen molar-refractivity contribution in [1.82, 2.24) is 0 Å². The van der Waals surface area contributed by atoms with E-state index >= 15 is 0 Å². The standard InChI is InChI=1S/C13H9.C5H5.C2H6Ge.2ClH.Zr/c1-3-7-12-10(5-1)9-11-6-2-4-8-13(11)12;1-2-4-5-3-1;1-3-2;;;/h1-9H;1-3H,4H2;1-2H3;2*1H;/q2*-1;;;;+4/p-2. The van der Waals surface area contributed by atoms with Crippen LogP contribution in [0.1, 0.15) is 6.42 Å². The first kappa shape index (κ1) is 26.0. The Balaban J connectivity index is 0. The number of allylic oxidation sites excluding steroid dienone is 4. The summed E-state index contributed by atoms with van der Waals surface area (Å²) in [5.74, 6) is 4.50. The zero-order valence-corrected chi connectivity index (χ0v) is 20.0. The maximum Gasteiger partial charge on any atom is 4.00 e. The van der Waals surface area contributed by atoms with Crippen molar-refractivity contribution in [2.75, 3.05) is 0 Å². The molecule has 0 aromatic heterocycles. The minimum Gasteiger partial charge on any atom is -1.00 e. The summed E-state index contributed by atoms with van der Waals surface area (Å²) < 4.78 is 0. The molecule has 4 rings (SSSR count). The molecule has 0 N–H and O–H groups in total. The van der Waals surface area contributed by atoms with Crippen LogP contribution in [0.2, 0.25) is 11.5 Å². The average Bonchev–Trinajstić information content (AvgIpc) is 3.19. The molecular weight excluding hydrogens is 475 g/mol. The summed E-state index contributed by atoms with van der Waals surface area (Å²) in [6.45, 7) is 0. The molecule has 0 unspecified atom stereocenters. The molecule has 0 aliphatic heterocycles. The molecule has 0 nitrogen and oxygen atoms in total. The second kappa shape index (κ2) is 15.1. The molecule has 0 spiro atoms. The number of fused-ring (bicyclic) bond motifs is 3. The topological polar surface area (TPSA) is 0 Å². The van der Waals surface area contributed by atoms with Crippen molar-refractivity contribution >= 4 is 37.0 Å². The molecule has 2 radical (unpaired) electrons. The SMILES string of the molecule is [C-]1=CC=CC1.[CH3][Ge][CH3].[Cl-].[Cl-].[Zr+4].c1ccc2c(c1)[cH-]c1ccccc12. The van der Waals surface area contributed by atoms with E-state index in [-0.39, 0.29) is 51.0 Å². The quantitative estimate of drug-likeness (QED) is 0.300. The van der Waals surface area contributed by atoms with E-state index in [1.165, 1.54) is 21.5 Å². The molecule has 24 heavy (non-hydrogen) atoms. The molecule has 3 aromatic rings. The van der Waals surface area contributed by atoms with Crippen LogP contribution in [0, 0.1) is 6.08 Å². The molecule has 1 aliphatic carbocycles. The van der Waals surface area contributed by atoms with Crippen molar-refractivity contribution in [2.24, 2.45) is 0 Å². The van der Waals surface area contributed by atoms with Crippen molar-refractivity contribution in [3.63, 3.8) is 0 Å². The minimum absolute atomic E-state index is 0. The van der Waals surface area contributed by atoms with Crippen LogP contribution in [0.15, 0.2) is 72.8 Å². The Morgan fingerprint density at radius 1 is 0.875 bits per heavy atom. The molecule has 1 aliphatic rings. The van der Waals surface area contributed by atoms with Crippen LogP contribution in [0.5, 0.6) is 0 Å². The van der Waals surface area contributed by atoms with Crippen LogP contribution in [0.4, 0.5) is 0 Å². The number of rotatable bonds is 0. The first-order valence-corrected chi connectivity index (χ1v) is 11.4. The first-order chi connectivity index (χ1) is 10.4. The van der Waals surface area contributed by atoms with Crippen LogP contribution in [-0.4, -0.2) is 15.4 Å². The van der Waals surface area contributed by atoms with Gasteiger partial charge >= 0.3 is 53.1 Å². The van der Waals surface area contributed by atoms with E-state index in [2.05, 4.69) is 78.3 Å². The number of benzene rings is 2. The zero-order valence-electron chi connectivity index (χ0n) is 13.9. The number of halogens is 2. The van der Waals surface area contributed by atoms with Gasteiger partial charge in [-0.25, -0.2) is 12.2 Å². The number of hydrogen-bond acceptors (Lipinski definition) is 0. The summed E-state index contributed by atoms with van der Waals surface area (Å²) >= 11 is 0.500. The maximum absolute atomic E-state index is 2.99. The van der Waals surface area contributed by atoms with Gasteiger partial charge in [0.15, 0.2) is 0 Å². The molecule has 0 atom stereocenters. The average molecular weight is 495 g/mol. The maximum atomic E-state index is 2.99. The third-order valence-corrected chi connectivity index (χ3v) is 3.11. The molecule has 3 aromatic carbocycles. The fourth-order valence-corrected chi connectivity index (χ4v) is 2.24. The van der Waals surface area contributed by atoms with Crippen molar-refractivity contribution in [3.05, 3.63) is 78.9 Å². The van der Waals surface area contributed by atoms with Crippen molar-refractivity contribution < 1.29 is 51.0 Å². The van der Waals surface area contributed by atoms with E-state index in [1.54, 1.807) is 0 Å². The minimum atomic E-state index is 0. The van der Waals surface area contributed by atoms with Crippen molar-refractivity contribution in [1.29, 1.82) is 0 Å². The predicted octanol–water partition coefficient (Wildman–Crippen LogP) is -0.190. The summed E-state index contributed by atoms with van der Waals surface area (Å²) in [4.78, 5) is 0. The zero-order chi connectivity index (χ0) is 14.9. The molecule has 0 bridgehead atoms.